The Bertz CT molecular complexity index is 971. The van der Waals surface area contributed by atoms with Crippen LogP contribution in [0.25, 0.3) is 10.2 Å². The van der Waals surface area contributed by atoms with E-state index in [1.54, 1.807) is 0 Å². The van der Waals surface area contributed by atoms with Crippen molar-refractivity contribution in [3.05, 3.63) is 51.6 Å². The van der Waals surface area contributed by atoms with Crippen molar-refractivity contribution < 1.29 is 9.53 Å². The van der Waals surface area contributed by atoms with Crippen molar-refractivity contribution in [2.75, 3.05) is 31.1 Å². The molecule has 1 aliphatic heterocycles. The Labute approximate surface area is 166 Å². The fourth-order valence-corrected chi connectivity index (χ4v) is 4.47. The molecule has 0 bridgehead atoms. The van der Waals surface area contributed by atoms with Crippen LogP contribution in [0.1, 0.15) is 20.8 Å². The van der Waals surface area contributed by atoms with E-state index in [4.69, 9.17) is 16.3 Å². The third kappa shape index (κ3) is 3.76. The largest absolute Gasteiger partial charge is 0.457 e. The van der Waals surface area contributed by atoms with E-state index in [1.165, 1.54) is 11.3 Å². The quantitative estimate of drug-likeness (QED) is 0.532. The lowest BCUT2D eigenvalue weighted by Crippen LogP contribution is -2.44. The molecular weight excluding hydrogens is 384 g/mol. The van der Waals surface area contributed by atoms with Gasteiger partial charge in [-0.3, -0.25) is 0 Å². The Hall–Kier alpha value is -2.22. The first-order chi connectivity index (χ1) is 13.1. The number of fused-ring (bicyclic) bond motifs is 1. The summed E-state index contributed by atoms with van der Waals surface area (Å²) in [5, 5.41) is 4.41. The second-order valence-corrected chi connectivity index (χ2v) is 7.69. The van der Waals surface area contributed by atoms with Crippen molar-refractivity contribution >= 4 is 44.9 Å². The molecular formula is C19H19ClN4O2S. The zero-order valence-electron chi connectivity index (χ0n) is 14.9. The zero-order chi connectivity index (χ0) is 18.8. The first-order valence-corrected chi connectivity index (χ1v) is 9.96. The lowest BCUT2D eigenvalue weighted by atomic mass is 10.2. The highest BCUT2D eigenvalue weighted by Gasteiger charge is 2.24. The standard InChI is InChI=1S/C19H19ClN4O2S/c1-12-14-16(24-9-7-21-8-10-24)22-19(20)23-17(14)27-15(12)18(25)26-11-13-5-3-2-4-6-13/h2-6,21H,7-11H2,1H3. The van der Waals surface area contributed by atoms with Gasteiger partial charge in [0.25, 0.3) is 0 Å². The summed E-state index contributed by atoms with van der Waals surface area (Å²) in [6.07, 6.45) is 0. The molecule has 1 fully saturated rings. The maximum absolute atomic E-state index is 12.7. The van der Waals surface area contributed by atoms with Crippen LogP contribution < -0.4 is 10.2 Å². The number of aromatic nitrogens is 2. The van der Waals surface area contributed by atoms with Crippen molar-refractivity contribution in [2.45, 2.75) is 13.5 Å². The van der Waals surface area contributed by atoms with Crippen LogP contribution in [0.4, 0.5) is 5.82 Å². The molecule has 0 saturated carbocycles. The van der Waals surface area contributed by atoms with E-state index >= 15 is 0 Å². The van der Waals surface area contributed by atoms with Gasteiger partial charge in [0.05, 0.1) is 5.39 Å². The number of esters is 1. The maximum Gasteiger partial charge on any atom is 0.349 e. The molecule has 0 radical (unpaired) electrons. The van der Waals surface area contributed by atoms with Crippen LogP contribution in [-0.2, 0) is 11.3 Å². The summed E-state index contributed by atoms with van der Waals surface area (Å²) in [6.45, 7) is 5.61. The fraction of sp³-hybridized carbons (Fsp3) is 0.316. The van der Waals surface area contributed by atoms with E-state index in [2.05, 4.69) is 20.2 Å². The number of nitrogens with one attached hydrogen (secondary N) is 1. The van der Waals surface area contributed by atoms with E-state index < -0.39 is 0 Å². The SMILES string of the molecule is Cc1c(C(=O)OCc2ccccc2)sc2nc(Cl)nc(N3CCNCC3)c12. The molecule has 2 aromatic heterocycles. The smallest absolute Gasteiger partial charge is 0.349 e. The van der Waals surface area contributed by atoms with Crippen LogP contribution in [0, 0.1) is 6.92 Å². The van der Waals surface area contributed by atoms with Crippen LogP contribution >= 0.6 is 22.9 Å². The van der Waals surface area contributed by atoms with Crippen molar-refractivity contribution in [2.24, 2.45) is 0 Å². The summed E-state index contributed by atoms with van der Waals surface area (Å²) in [6, 6.07) is 9.63. The third-order valence-corrected chi connectivity index (χ3v) is 5.89. The molecule has 1 aromatic carbocycles. The molecule has 140 valence electrons. The van der Waals surface area contributed by atoms with Crippen molar-refractivity contribution in [1.82, 2.24) is 15.3 Å². The molecule has 4 rings (SSSR count). The summed E-state index contributed by atoms with van der Waals surface area (Å²) >= 11 is 7.46. The molecule has 27 heavy (non-hydrogen) atoms. The normalized spacial score (nSPS) is 14.5. The monoisotopic (exact) mass is 402 g/mol. The van der Waals surface area contributed by atoms with Crippen LogP contribution in [0.2, 0.25) is 5.28 Å². The van der Waals surface area contributed by atoms with Gasteiger partial charge in [-0.15, -0.1) is 11.3 Å². The third-order valence-electron chi connectivity index (χ3n) is 4.56. The predicted molar refractivity (Wildman–Crippen MR) is 108 cm³/mol. The average Bonchev–Trinajstić information content (AvgIpc) is 3.03. The molecule has 3 aromatic rings. The van der Waals surface area contributed by atoms with Gasteiger partial charge < -0.3 is 15.0 Å². The molecule has 0 amide bonds. The number of hydrogen-bond donors (Lipinski definition) is 1. The second kappa shape index (κ2) is 7.80. The van der Waals surface area contributed by atoms with E-state index in [0.717, 1.165) is 48.5 Å². The topological polar surface area (TPSA) is 67.3 Å². The van der Waals surface area contributed by atoms with Crippen molar-refractivity contribution in [3.63, 3.8) is 0 Å². The number of piperazine rings is 1. The van der Waals surface area contributed by atoms with Gasteiger partial charge in [-0.1, -0.05) is 30.3 Å². The number of carbonyl (C=O) groups is 1. The molecule has 0 spiro atoms. The average molecular weight is 403 g/mol. The molecule has 0 unspecified atom stereocenters. The molecule has 1 aliphatic rings. The highest BCUT2D eigenvalue weighted by molar-refractivity contribution is 7.20. The first-order valence-electron chi connectivity index (χ1n) is 8.77. The van der Waals surface area contributed by atoms with E-state index in [1.807, 2.05) is 37.3 Å². The second-order valence-electron chi connectivity index (χ2n) is 6.35. The summed E-state index contributed by atoms with van der Waals surface area (Å²) in [5.41, 5.74) is 1.80. The van der Waals surface area contributed by atoms with Gasteiger partial charge in [-0.2, -0.15) is 4.98 Å². The molecule has 1 saturated heterocycles. The molecule has 0 atom stereocenters. The maximum atomic E-state index is 12.7. The lowest BCUT2D eigenvalue weighted by molar-refractivity contribution is 0.0478. The molecule has 6 nitrogen and oxygen atoms in total. The highest BCUT2D eigenvalue weighted by Crippen LogP contribution is 2.36. The summed E-state index contributed by atoms with van der Waals surface area (Å²) in [4.78, 5) is 24.9. The molecule has 0 aliphatic carbocycles. The fourth-order valence-electron chi connectivity index (χ4n) is 3.18. The van der Waals surface area contributed by atoms with E-state index in [-0.39, 0.29) is 17.9 Å². The Morgan fingerprint density at radius 1 is 1.26 bits per heavy atom. The van der Waals surface area contributed by atoms with Crippen molar-refractivity contribution in [1.29, 1.82) is 0 Å². The zero-order valence-corrected chi connectivity index (χ0v) is 16.4. The van der Waals surface area contributed by atoms with Gasteiger partial charge in [0.15, 0.2) is 0 Å². The number of hydrogen-bond acceptors (Lipinski definition) is 7. The minimum Gasteiger partial charge on any atom is -0.457 e. The van der Waals surface area contributed by atoms with E-state index in [0.29, 0.717) is 9.71 Å². The van der Waals surface area contributed by atoms with Crippen LogP contribution in [-0.4, -0.2) is 42.1 Å². The lowest BCUT2D eigenvalue weighted by Gasteiger charge is -2.29. The molecule has 3 heterocycles. The van der Waals surface area contributed by atoms with Crippen molar-refractivity contribution in [3.8, 4) is 0 Å². The van der Waals surface area contributed by atoms with Gasteiger partial charge in [-0.25, -0.2) is 9.78 Å². The number of nitrogens with zero attached hydrogens (tertiary/aromatic N) is 3. The van der Waals surface area contributed by atoms with Crippen LogP contribution in [0.15, 0.2) is 30.3 Å². The van der Waals surface area contributed by atoms with Gasteiger partial charge in [0.2, 0.25) is 5.28 Å². The summed E-state index contributed by atoms with van der Waals surface area (Å²) in [5.74, 6) is 0.448. The van der Waals surface area contributed by atoms with Gasteiger partial charge in [0, 0.05) is 26.2 Å². The molecule has 1 N–H and O–H groups in total. The Balaban J connectivity index is 1.65. The van der Waals surface area contributed by atoms with Gasteiger partial charge in [0.1, 0.15) is 22.1 Å². The Morgan fingerprint density at radius 2 is 2.00 bits per heavy atom. The number of benzene rings is 1. The van der Waals surface area contributed by atoms with Crippen LogP contribution in [0.3, 0.4) is 0 Å². The number of rotatable bonds is 4. The van der Waals surface area contributed by atoms with Crippen LogP contribution in [0.5, 0.6) is 0 Å². The Kier molecular flexibility index (Phi) is 5.24. The number of carbonyl (C=O) groups excluding carboxylic acids is 1. The molecule has 8 heteroatoms. The summed E-state index contributed by atoms with van der Waals surface area (Å²) in [7, 11) is 0. The Morgan fingerprint density at radius 3 is 2.74 bits per heavy atom. The number of anilines is 1. The number of halogens is 1. The number of ether oxygens (including phenoxy) is 1. The number of thiophene rings is 1. The summed E-state index contributed by atoms with van der Waals surface area (Å²) < 4.78 is 5.51. The van der Waals surface area contributed by atoms with Gasteiger partial charge >= 0.3 is 5.97 Å². The van der Waals surface area contributed by atoms with E-state index in [9.17, 15) is 4.79 Å². The minimum absolute atomic E-state index is 0.196. The first kappa shape index (κ1) is 18.2. The minimum atomic E-state index is -0.346. The predicted octanol–water partition coefficient (Wildman–Crippen LogP) is 3.42. The number of aryl methyl sites for hydroxylation is 1. The van der Waals surface area contributed by atoms with Gasteiger partial charge in [-0.05, 0) is 29.7 Å². The highest BCUT2D eigenvalue weighted by atomic mass is 35.5.